The summed E-state index contributed by atoms with van der Waals surface area (Å²) in [5.41, 5.74) is 0.393. The summed E-state index contributed by atoms with van der Waals surface area (Å²) >= 11 is 5.72. The maximum absolute atomic E-state index is 12.1. The van der Waals surface area contributed by atoms with E-state index < -0.39 is 10.9 Å². The number of halogens is 1. The van der Waals surface area contributed by atoms with Crippen LogP contribution in [-0.4, -0.2) is 24.6 Å². The van der Waals surface area contributed by atoms with Gasteiger partial charge in [0.2, 0.25) is 0 Å². The molecular weight excluding hydrogens is 350 g/mol. The molecule has 0 aliphatic rings. The number of nitrogens with zero attached hydrogens (tertiary/aromatic N) is 1. The zero-order valence-corrected chi connectivity index (χ0v) is 14.4. The lowest BCUT2D eigenvalue weighted by Gasteiger charge is -2.11. The van der Waals surface area contributed by atoms with Gasteiger partial charge in [0.15, 0.2) is 11.5 Å². The van der Waals surface area contributed by atoms with Crippen LogP contribution in [0.5, 0.6) is 11.5 Å². The average Bonchev–Trinajstić information content (AvgIpc) is 2.60. The zero-order valence-electron chi connectivity index (χ0n) is 13.7. The quantitative estimate of drug-likeness (QED) is 0.418. The molecule has 0 radical (unpaired) electrons. The standard InChI is InChI=1S/C17H16ClNO6/c1-3-24-15-7-4-11(8-16(15)23-2)10-25-17(20)12-5-6-13(18)14(9-12)19(21)22/h4-9H,3,10H2,1-2H3. The summed E-state index contributed by atoms with van der Waals surface area (Å²) in [5, 5.41) is 10.8. The second-order valence-corrected chi connectivity index (χ2v) is 5.32. The van der Waals surface area contributed by atoms with Gasteiger partial charge in [-0.15, -0.1) is 0 Å². The van der Waals surface area contributed by atoms with Gasteiger partial charge in [-0.1, -0.05) is 17.7 Å². The number of nitro groups is 1. The second-order valence-electron chi connectivity index (χ2n) is 4.92. The Morgan fingerprint density at radius 2 is 1.96 bits per heavy atom. The summed E-state index contributed by atoms with van der Waals surface area (Å²) < 4.78 is 15.8. The number of carbonyl (C=O) groups is 1. The summed E-state index contributed by atoms with van der Waals surface area (Å²) in [7, 11) is 1.51. The van der Waals surface area contributed by atoms with Crippen molar-refractivity contribution in [1.29, 1.82) is 0 Å². The van der Waals surface area contributed by atoms with Gasteiger partial charge < -0.3 is 14.2 Å². The van der Waals surface area contributed by atoms with E-state index in [0.29, 0.717) is 23.7 Å². The fourth-order valence-corrected chi connectivity index (χ4v) is 2.27. The van der Waals surface area contributed by atoms with E-state index in [1.807, 2.05) is 6.92 Å². The highest BCUT2D eigenvalue weighted by molar-refractivity contribution is 6.32. The first-order chi connectivity index (χ1) is 12.0. The van der Waals surface area contributed by atoms with Crippen LogP contribution < -0.4 is 9.47 Å². The number of rotatable bonds is 7. The van der Waals surface area contributed by atoms with Crippen LogP contribution in [0.2, 0.25) is 5.02 Å². The third kappa shape index (κ3) is 4.60. The predicted molar refractivity (Wildman–Crippen MR) is 91.4 cm³/mol. The molecule has 0 spiro atoms. The van der Waals surface area contributed by atoms with E-state index in [-0.39, 0.29) is 22.9 Å². The van der Waals surface area contributed by atoms with E-state index in [1.54, 1.807) is 18.2 Å². The summed E-state index contributed by atoms with van der Waals surface area (Å²) in [5.74, 6) is 0.429. The highest BCUT2D eigenvalue weighted by Crippen LogP contribution is 2.29. The van der Waals surface area contributed by atoms with E-state index in [2.05, 4.69) is 0 Å². The number of hydrogen-bond acceptors (Lipinski definition) is 6. The van der Waals surface area contributed by atoms with Crippen molar-refractivity contribution in [2.75, 3.05) is 13.7 Å². The van der Waals surface area contributed by atoms with Gasteiger partial charge in [0.25, 0.3) is 5.69 Å². The molecule has 0 amide bonds. The van der Waals surface area contributed by atoms with Crippen molar-refractivity contribution in [1.82, 2.24) is 0 Å². The smallest absolute Gasteiger partial charge is 0.338 e. The number of benzene rings is 2. The van der Waals surface area contributed by atoms with Crippen LogP contribution >= 0.6 is 11.6 Å². The Balaban J connectivity index is 2.09. The van der Waals surface area contributed by atoms with Crippen LogP contribution in [0.3, 0.4) is 0 Å². The van der Waals surface area contributed by atoms with Crippen molar-refractivity contribution in [3.05, 3.63) is 62.7 Å². The fourth-order valence-electron chi connectivity index (χ4n) is 2.09. The first kappa shape index (κ1) is 18.5. The van der Waals surface area contributed by atoms with Gasteiger partial charge in [-0.3, -0.25) is 10.1 Å². The van der Waals surface area contributed by atoms with E-state index in [1.165, 1.54) is 19.2 Å². The Kier molecular flexibility index (Phi) is 6.19. The SMILES string of the molecule is CCOc1ccc(COC(=O)c2ccc(Cl)c([N+](=O)[O-])c2)cc1OC. The van der Waals surface area contributed by atoms with Crippen molar-refractivity contribution in [3.63, 3.8) is 0 Å². The van der Waals surface area contributed by atoms with Crippen LogP contribution in [0.1, 0.15) is 22.8 Å². The van der Waals surface area contributed by atoms with Gasteiger partial charge in [0, 0.05) is 6.07 Å². The molecule has 0 atom stereocenters. The first-order valence-corrected chi connectivity index (χ1v) is 7.74. The van der Waals surface area contributed by atoms with E-state index in [0.717, 1.165) is 6.07 Å². The van der Waals surface area contributed by atoms with E-state index >= 15 is 0 Å². The van der Waals surface area contributed by atoms with Crippen molar-refractivity contribution < 1.29 is 23.9 Å². The molecule has 0 aliphatic carbocycles. The molecule has 0 saturated heterocycles. The Labute approximate surface area is 149 Å². The number of carbonyl (C=O) groups excluding carboxylic acids is 1. The molecule has 0 aliphatic heterocycles. The normalized spacial score (nSPS) is 10.2. The van der Waals surface area contributed by atoms with E-state index in [4.69, 9.17) is 25.8 Å². The van der Waals surface area contributed by atoms with Crippen LogP contribution in [0.4, 0.5) is 5.69 Å². The molecular formula is C17H16ClNO6. The molecule has 0 heterocycles. The highest BCUT2D eigenvalue weighted by Gasteiger charge is 2.17. The first-order valence-electron chi connectivity index (χ1n) is 7.37. The van der Waals surface area contributed by atoms with Crippen LogP contribution in [0.25, 0.3) is 0 Å². The molecule has 25 heavy (non-hydrogen) atoms. The number of hydrogen-bond donors (Lipinski definition) is 0. The summed E-state index contributed by atoms with van der Waals surface area (Å²) in [6.07, 6.45) is 0. The van der Waals surface area contributed by atoms with Crippen LogP contribution in [0, 0.1) is 10.1 Å². The third-order valence-corrected chi connectivity index (χ3v) is 3.60. The Morgan fingerprint density at radius 1 is 1.20 bits per heavy atom. The van der Waals surface area contributed by atoms with Crippen molar-refractivity contribution in [3.8, 4) is 11.5 Å². The lowest BCUT2D eigenvalue weighted by Crippen LogP contribution is -2.06. The Bertz CT molecular complexity index is 793. The molecule has 2 aromatic carbocycles. The molecule has 0 fully saturated rings. The van der Waals surface area contributed by atoms with E-state index in [9.17, 15) is 14.9 Å². The predicted octanol–water partition coefficient (Wildman–Crippen LogP) is 4.01. The summed E-state index contributed by atoms with van der Waals surface area (Å²) in [4.78, 5) is 22.3. The molecule has 132 valence electrons. The largest absolute Gasteiger partial charge is 0.493 e. The fraction of sp³-hybridized carbons (Fsp3) is 0.235. The Hall–Kier alpha value is -2.80. The average molecular weight is 366 g/mol. The molecule has 7 nitrogen and oxygen atoms in total. The van der Waals surface area contributed by atoms with Crippen molar-refractivity contribution in [2.45, 2.75) is 13.5 Å². The molecule has 8 heteroatoms. The number of nitro benzene ring substituents is 1. The Morgan fingerprint density at radius 3 is 2.60 bits per heavy atom. The topological polar surface area (TPSA) is 87.9 Å². The highest BCUT2D eigenvalue weighted by atomic mass is 35.5. The van der Waals surface area contributed by atoms with Gasteiger partial charge in [-0.05, 0) is 36.8 Å². The molecule has 0 N–H and O–H groups in total. The van der Waals surface area contributed by atoms with Gasteiger partial charge in [0.1, 0.15) is 11.6 Å². The molecule has 0 aromatic heterocycles. The van der Waals surface area contributed by atoms with Gasteiger partial charge in [-0.25, -0.2) is 4.79 Å². The minimum atomic E-state index is -0.687. The maximum Gasteiger partial charge on any atom is 0.338 e. The van der Waals surface area contributed by atoms with Crippen LogP contribution in [-0.2, 0) is 11.3 Å². The lowest BCUT2D eigenvalue weighted by atomic mass is 10.2. The minimum Gasteiger partial charge on any atom is -0.493 e. The minimum absolute atomic E-state index is 0.0159. The number of methoxy groups -OCH3 is 1. The second kappa shape index (κ2) is 8.34. The number of esters is 1. The molecule has 2 rings (SSSR count). The summed E-state index contributed by atoms with van der Waals surface area (Å²) in [6.45, 7) is 2.35. The maximum atomic E-state index is 12.1. The van der Waals surface area contributed by atoms with Gasteiger partial charge >= 0.3 is 5.97 Å². The monoisotopic (exact) mass is 365 g/mol. The number of ether oxygens (including phenoxy) is 3. The third-order valence-electron chi connectivity index (χ3n) is 3.28. The van der Waals surface area contributed by atoms with Crippen molar-refractivity contribution in [2.24, 2.45) is 0 Å². The molecule has 2 aromatic rings. The lowest BCUT2D eigenvalue weighted by molar-refractivity contribution is -0.384. The summed E-state index contributed by atoms with van der Waals surface area (Å²) in [6, 6.07) is 8.91. The molecule has 0 saturated carbocycles. The molecule has 0 unspecified atom stereocenters. The molecule has 0 bridgehead atoms. The van der Waals surface area contributed by atoms with Crippen molar-refractivity contribution >= 4 is 23.3 Å². The van der Waals surface area contributed by atoms with Crippen LogP contribution in [0.15, 0.2) is 36.4 Å². The van der Waals surface area contributed by atoms with Gasteiger partial charge in [0.05, 0.1) is 24.2 Å². The zero-order chi connectivity index (χ0) is 18.4. The van der Waals surface area contributed by atoms with Gasteiger partial charge in [-0.2, -0.15) is 0 Å².